The number of anilines is 1. The van der Waals surface area contributed by atoms with Crippen molar-refractivity contribution in [1.82, 2.24) is 10.3 Å². The number of nitrogens with one attached hydrogen (secondary N) is 2. The van der Waals surface area contributed by atoms with Crippen molar-refractivity contribution in [3.8, 4) is 11.5 Å². The molecule has 0 radical (unpaired) electrons. The van der Waals surface area contributed by atoms with Crippen molar-refractivity contribution in [1.29, 1.82) is 0 Å². The van der Waals surface area contributed by atoms with E-state index in [0.29, 0.717) is 16.2 Å². The molecule has 0 bridgehead atoms. The number of hydrogen-bond acceptors (Lipinski definition) is 6. The van der Waals surface area contributed by atoms with Gasteiger partial charge in [-0.15, -0.1) is 11.3 Å². The largest absolute Gasteiger partial charge is 0.504 e. The lowest BCUT2D eigenvalue weighted by atomic mass is 10.1. The number of fused-ring (bicyclic) bond motifs is 3. The fourth-order valence-corrected chi connectivity index (χ4v) is 4.37. The molecule has 1 aliphatic heterocycles. The minimum atomic E-state index is -0.548. The Morgan fingerprint density at radius 2 is 2.08 bits per heavy atom. The van der Waals surface area contributed by atoms with E-state index in [2.05, 4.69) is 15.6 Å². The highest BCUT2D eigenvalue weighted by Gasteiger charge is 2.31. The fourth-order valence-electron chi connectivity index (χ4n) is 3.21. The molecule has 3 aromatic rings. The van der Waals surface area contributed by atoms with Crippen molar-refractivity contribution in [2.24, 2.45) is 0 Å². The number of hydrogen-bond donors (Lipinski definition) is 3. The summed E-state index contributed by atoms with van der Waals surface area (Å²) in [5.74, 6) is 0.195. The van der Waals surface area contributed by atoms with Crippen LogP contribution < -0.4 is 15.4 Å². The van der Waals surface area contributed by atoms with E-state index in [1.54, 1.807) is 18.2 Å². The molecule has 1 amide bonds. The Morgan fingerprint density at radius 3 is 2.84 bits per heavy atom. The maximum absolute atomic E-state index is 12.6. The van der Waals surface area contributed by atoms with Crippen molar-refractivity contribution < 1.29 is 14.6 Å². The van der Waals surface area contributed by atoms with Crippen LogP contribution in [0.15, 0.2) is 24.3 Å². The zero-order valence-electron chi connectivity index (χ0n) is 14.0. The highest BCUT2D eigenvalue weighted by Crippen LogP contribution is 2.42. The molecule has 25 heavy (non-hydrogen) atoms. The molecule has 2 aromatic heterocycles. The molecule has 1 aliphatic rings. The molecule has 7 heteroatoms. The fraction of sp³-hybridized carbons (Fsp3) is 0.222. The van der Waals surface area contributed by atoms with Gasteiger partial charge in [0, 0.05) is 16.6 Å². The van der Waals surface area contributed by atoms with Crippen LogP contribution in [0.3, 0.4) is 0 Å². The van der Waals surface area contributed by atoms with Crippen LogP contribution in [0, 0.1) is 13.8 Å². The highest BCUT2D eigenvalue weighted by molar-refractivity contribution is 7.21. The lowest BCUT2D eigenvalue weighted by molar-refractivity contribution is 0.0940. The number of rotatable bonds is 2. The number of phenolic OH excluding ortho intramolecular Hbond substituents is 1. The lowest BCUT2D eigenvalue weighted by Gasteiger charge is -2.27. The summed E-state index contributed by atoms with van der Waals surface area (Å²) in [4.78, 5) is 18.6. The van der Waals surface area contributed by atoms with Crippen LogP contribution in [0.25, 0.3) is 10.2 Å². The summed E-state index contributed by atoms with van der Waals surface area (Å²) in [6.45, 7) is 3.95. The standard InChI is InChI=1S/C18H17N3O3S/c1-8-7-9(2)19-18-12(8)13-15(25-18)17(23)21-16(20-13)10-5-4-6-11(24-3)14(10)22/h4-7,16,20,22H,1-3H3,(H,21,23). The highest BCUT2D eigenvalue weighted by atomic mass is 32.1. The molecule has 6 nitrogen and oxygen atoms in total. The molecular weight excluding hydrogens is 338 g/mol. The van der Waals surface area contributed by atoms with Crippen LogP contribution in [0.2, 0.25) is 0 Å². The van der Waals surface area contributed by atoms with E-state index < -0.39 is 6.17 Å². The summed E-state index contributed by atoms with van der Waals surface area (Å²) < 4.78 is 5.16. The van der Waals surface area contributed by atoms with Crippen molar-refractivity contribution in [2.75, 3.05) is 12.4 Å². The van der Waals surface area contributed by atoms with Crippen LogP contribution in [-0.4, -0.2) is 23.1 Å². The Balaban J connectivity index is 1.85. The molecule has 0 saturated heterocycles. The van der Waals surface area contributed by atoms with Gasteiger partial charge >= 0.3 is 0 Å². The van der Waals surface area contributed by atoms with Gasteiger partial charge in [0.2, 0.25) is 0 Å². The molecule has 0 aliphatic carbocycles. The molecule has 1 unspecified atom stereocenters. The van der Waals surface area contributed by atoms with E-state index in [9.17, 15) is 9.90 Å². The molecule has 1 aromatic carbocycles. The molecule has 4 rings (SSSR count). The monoisotopic (exact) mass is 355 g/mol. The number of para-hydroxylation sites is 1. The number of pyridine rings is 1. The van der Waals surface area contributed by atoms with Crippen LogP contribution in [0.4, 0.5) is 5.69 Å². The average Bonchev–Trinajstić information content (AvgIpc) is 2.94. The average molecular weight is 355 g/mol. The van der Waals surface area contributed by atoms with Crippen molar-refractivity contribution in [3.05, 3.63) is 46.0 Å². The molecule has 0 saturated carbocycles. The van der Waals surface area contributed by atoms with Crippen LogP contribution >= 0.6 is 11.3 Å². The number of aryl methyl sites for hydroxylation is 2. The Labute approximate surface area is 148 Å². The quantitative estimate of drug-likeness (QED) is 0.655. The van der Waals surface area contributed by atoms with Crippen molar-refractivity contribution in [2.45, 2.75) is 20.0 Å². The van der Waals surface area contributed by atoms with Gasteiger partial charge in [0.25, 0.3) is 5.91 Å². The number of amides is 1. The zero-order chi connectivity index (χ0) is 17.7. The summed E-state index contributed by atoms with van der Waals surface area (Å²) in [6.07, 6.45) is -0.548. The number of thiophene rings is 1. The maximum Gasteiger partial charge on any atom is 0.265 e. The Kier molecular flexibility index (Phi) is 3.54. The molecule has 0 fully saturated rings. The molecule has 3 N–H and O–H groups in total. The van der Waals surface area contributed by atoms with Gasteiger partial charge in [0.05, 0.1) is 12.8 Å². The first-order valence-corrected chi connectivity index (χ1v) is 8.65. The SMILES string of the molecule is COc1cccc(C2NC(=O)c3sc4nc(C)cc(C)c4c3N2)c1O. The number of methoxy groups -OCH3 is 1. The second-order valence-corrected chi connectivity index (χ2v) is 7.01. The van der Waals surface area contributed by atoms with Gasteiger partial charge in [-0.3, -0.25) is 4.79 Å². The summed E-state index contributed by atoms with van der Waals surface area (Å²) in [7, 11) is 1.49. The molecule has 128 valence electrons. The Bertz CT molecular complexity index is 1010. The smallest absolute Gasteiger partial charge is 0.265 e. The van der Waals surface area contributed by atoms with E-state index in [-0.39, 0.29) is 11.7 Å². The Morgan fingerprint density at radius 1 is 1.28 bits per heavy atom. The third-order valence-corrected chi connectivity index (χ3v) is 5.40. The number of nitrogens with zero attached hydrogens (tertiary/aromatic N) is 1. The predicted octanol–water partition coefficient (Wildman–Crippen LogP) is 3.48. The van der Waals surface area contributed by atoms with Gasteiger partial charge < -0.3 is 20.5 Å². The lowest BCUT2D eigenvalue weighted by Crippen LogP contribution is -2.37. The van der Waals surface area contributed by atoms with Crippen LogP contribution in [-0.2, 0) is 0 Å². The predicted molar refractivity (Wildman–Crippen MR) is 97.6 cm³/mol. The van der Waals surface area contributed by atoms with Gasteiger partial charge in [0.1, 0.15) is 15.9 Å². The van der Waals surface area contributed by atoms with E-state index in [1.807, 2.05) is 19.9 Å². The summed E-state index contributed by atoms with van der Waals surface area (Å²) in [6, 6.07) is 7.21. The third-order valence-electron chi connectivity index (χ3n) is 4.32. The number of phenols is 1. The Hall–Kier alpha value is -2.80. The normalized spacial score (nSPS) is 16.3. The molecule has 1 atom stereocenters. The zero-order valence-corrected chi connectivity index (χ0v) is 14.8. The second-order valence-electron chi connectivity index (χ2n) is 6.02. The topological polar surface area (TPSA) is 83.5 Å². The molecule has 3 heterocycles. The second kappa shape index (κ2) is 5.63. The van der Waals surface area contributed by atoms with E-state index >= 15 is 0 Å². The third kappa shape index (κ3) is 2.39. The summed E-state index contributed by atoms with van der Waals surface area (Å²) in [5, 5.41) is 17.6. The maximum atomic E-state index is 12.6. The minimum Gasteiger partial charge on any atom is -0.504 e. The van der Waals surface area contributed by atoms with E-state index in [1.165, 1.54) is 18.4 Å². The number of carbonyl (C=O) groups is 1. The first kappa shape index (κ1) is 15.7. The number of ether oxygens (including phenoxy) is 1. The van der Waals surface area contributed by atoms with Gasteiger partial charge in [-0.2, -0.15) is 0 Å². The van der Waals surface area contributed by atoms with Crippen LogP contribution in [0.5, 0.6) is 11.5 Å². The number of benzene rings is 1. The van der Waals surface area contributed by atoms with Crippen LogP contribution in [0.1, 0.15) is 32.7 Å². The summed E-state index contributed by atoms with van der Waals surface area (Å²) in [5.41, 5.74) is 3.30. The van der Waals surface area contributed by atoms with E-state index in [4.69, 9.17) is 4.74 Å². The number of aromatic hydroxyl groups is 1. The molecule has 0 spiro atoms. The summed E-state index contributed by atoms with van der Waals surface area (Å²) >= 11 is 1.37. The molecular formula is C18H17N3O3S. The number of carbonyl (C=O) groups excluding carboxylic acids is 1. The van der Waals surface area contributed by atoms with E-state index in [0.717, 1.165) is 27.2 Å². The van der Waals surface area contributed by atoms with Gasteiger partial charge in [0.15, 0.2) is 11.5 Å². The first-order chi connectivity index (χ1) is 12.0. The van der Waals surface area contributed by atoms with Gasteiger partial charge in [-0.05, 0) is 31.5 Å². The number of aromatic nitrogens is 1. The van der Waals surface area contributed by atoms with Crippen molar-refractivity contribution in [3.63, 3.8) is 0 Å². The van der Waals surface area contributed by atoms with Crippen molar-refractivity contribution >= 4 is 33.1 Å². The van der Waals surface area contributed by atoms with Gasteiger partial charge in [-0.25, -0.2) is 4.98 Å². The minimum absolute atomic E-state index is 0.0106. The van der Waals surface area contributed by atoms with Gasteiger partial charge in [-0.1, -0.05) is 12.1 Å². The first-order valence-electron chi connectivity index (χ1n) is 7.83.